The maximum Gasteiger partial charge on any atom is 0.251 e. The third kappa shape index (κ3) is 3.53. The summed E-state index contributed by atoms with van der Waals surface area (Å²) in [6.45, 7) is 3.03. The van der Waals surface area contributed by atoms with Gasteiger partial charge in [0.25, 0.3) is 5.91 Å². The molecule has 0 bridgehead atoms. The van der Waals surface area contributed by atoms with Crippen molar-refractivity contribution < 1.29 is 4.79 Å². The SMILES string of the molecule is Cl.O=C(NCCC1CCNC1)c1ccc2c(c1)CCC2. The van der Waals surface area contributed by atoms with Crippen LogP contribution in [-0.4, -0.2) is 25.5 Å². The first kappa shape index (κ1) is 15.3. The van der Waals surface area contributed by atoms with E-state index in [0.29, 0.717) is 0 Å². The lowest BCUT2D eigenvalue weighted by Gasteiger charge is -2.10. The standard InChI is InChI=1S/C16H22N2O.ClH/c19-16(18-9-7-12-6-8-17-11-12)15-5-4-13-2-1-3-14(13)10-15;/h4-5,10,12,17H,1-3,6-9,11H2,(H,18,19);1H. The van der Waals surface area contributed by atoms with Crippen LogP contribution in [0.4, 0.5) is 0 Å². The molecule has 3 rings (SSSR count). The van der Waals surface area contributed by atoms with Gasteiger partial charge in [-0.15, -0.1) is 12.4 Å². The van der Waals surface area contributed by atoms with E-state index in [2.05, 4.69) is 22.8 Å². The molecule has 0 spiro atoms. The Hall–Kier alpha value is -1.06. The van der Waals surface area contributed by atoms with Crippen molar-refractivity contribution in [3.8, 4) is 0 Å². The van der Waals surface area contributed by atoms with E-state index in [4.69, 9.17) is 0 Å². The van der Waals surface area contributed by atoms with E-state index in [1.165, 1.54) is 30.4 Å². The van der Waals surface area contributed by atoms with Crippen molar-refractivity contribution in [3.05, 3.63) is 34.9 Å². The van der Waals surface area contributed by atoms with Gasteiger partial charge in [0.2, 0.25) is 0 Å². The van der Waals surface area contributed by atoms with Crippen molar-refractivity contribution in [1.82, 2.24) is 10.6 Å². The van der Waals surface area contributed by atoms with Gasteiger partial charge >= 0.3 is 0 Å². The normalized spacial score (nSPS) is 20.3. The predicted molar refractivity (Wildman–Crippen MR) is 83.6 cm³/mol. The maximum atomic E-state index is 12.1. The maximum absolute atomic E-state index is 12.1. The molecule has 2 aliphatic rings. The summed E-state index contributed by atoms with van der Waals surface area (Å²) >= 11 is 0. The molecule has 1 aliphatic heterocycles. The minimum absolute atomic E-state index is 0. The molecule has 4 heteroatoms. The smallest absolute Gasteiger partial charge is 0.251 e. The van der Waals surface area contributed by atoms with Crippen molar-refractivity contribution in [1.29, 1.82) is 0 Å². The van der Waals surface area contributed by atoms with E-state index in [-0.39, 0.29) is 18.3 Å². The Bertz CT molecular complexity index is 470. The van der Waals surface area contributed by atoms with Crippen LogP contribution >= 0.6 is 12.4 Å². The molecular weight excluding hydrogens is 272 g/mol. The first-order chi connectivity index (χ1) is 9.33. The highest BCUT2D eigenvalue weighted by atomic mass is 35.5. The van der Waals surface area contributed by atoms with Crippen LogP contribution in [0.15, 0.2) is 18.2 Å². The van der Waals surface area contributed by atoms with E-state index < -0.39 is 0 Å². The summed E-state index contributed by atoms with van der Waals surface area (Å²) in [5.41, 5.74) is 3.62. The van der Waals surface area contributed by atoms with Gasteiger partial charge < -0.3 is 10.6 Å². The summed E-state index contributed by atoms with van der Waals surface area (Å²) < 4.78 is 0. The number of rotatable bonds is 4. The molecule has 1 aliphatic carbocycles. The molecule has 20 heavy (non-hydrogen) atoms. The molecule has 3 nitrogen and oxygen atoms in total. The Morgan fingerprint density at radius 3 is 2.95 bits per heavy atom. The summed E-state index contributed by atoms with van der Waals surface area (Å²) in [4.78, 5) is 12.1. The number of carbonyl (C=O) groups is 1. The topological polar surface area (TPSA) is 41.1 Å². The van der Waals surface area contributed by atoms with Gasteiger partial charge in [0.15, 0.2) is 0 Å². The molecule has 1 saturated heterocycles. The average molecular weight is 295 g/mol. The first-order valence-electron chi connectivity index (χ1n) is 7.43. The van der Waals surface area contributed by atoms with Crippen LogP contribution in [0, 0.1) is 5.92 Å². The van der Waals surface area contributed by atoms with Gasteiger partial charge in [-0.25, -0.2) is 0 Å². The van der Waals surface area contributed by atoms with Crippen LogP contribution in [-0.2, 0) is 12.8 Å². The molecule has 0 aromatic heterocycles. The number of carbonyl (C=O) groups excluding carboxylic acids is 1. The second-order valence-corrected chi connectivity index (χ2v) is 5.74. The minimum atomic E-state index is 0. The number of hydrogen-bond acceptors (Lipinski definition) is 2. The summed E-state index contributed by atoms with van der Waals surface area (Å²) in [5.74, 6) is 0.820. The molecule has 0 saturated carbocycles. The molecule has 1 unspecified atom stereocenters. The third-order valence-electron chi connectivity index (χ3n) is 4.36. The molecule has 2 N–H and O–H groups in total. The number of nitrogens with one attached hydrogen (secondary N) is 2. The van der Waals surface area contributed by atoms with Gasteiger partial charge in [-0.2, -0.15) is 0 Å². The molecule has 110 valence electrons. The van der Waals surface area contributed by atoms with Crippen molar-refractivity contribution in [2.24, 2.45) is 5.92 Å². The van der Waals surface area contributed by atoms with Gasteiger partial charge in [0.1, 0.15) is 0 Å². The Labute approximate surface area is 126 Å². The zero-order valence-electron chi connectivity index (χ0n) is 11.8. The highest BCUT2D eigenvalue weighted by molar-refractivity contribution is 5.94. The summed E-state index contributed by atoms with van der Waals surface area (Å²) in [6.07, 6.45) is 5.86. The van der Waals surface area contributed by atoms with E-state index >= 15 is 0 Å². The summed E-state index contributed by atoms with van der Waals surface area (Å²) in [7, 11) is 0. The average Bonchev–Trinajstić information content (AvgIpc) is 3.08. The largest absolute Gasteiger partial charge is 0.352 e. The van der Waals surface area contributed by atoms with Crippen molar-refractivity contribution >= 4 is 18.3 Å². The third-order valence-corrected chi connectivity index (χ3v) is 4.36. The molecule has 1 aromatic carbocycles. The molecule has 1 heterocycles. The number of benzene rings is 1. The van der Waals surface area contributed by atoms with Crippen LogP contribution in [0.3, 0.4) is 0 Å². The van der Waals surface area contributed by atoms with Gasteiger partial charge in [0.05, 0.1) is 0 Å². The van der Waals surface area contributed by atoms with Gasteiger partial charge in [-0.05, 0) is 74.4 Å². The predicted octanol–water partition coefficient (Wildman–Crippen LogP) is 2.33. The Kier molecular flexibility index (Phi) is 5.44. The number of halogens is 1. The number of fused-ring (bicyclic) bond motifs is 1. The molecule has 1 atom stereocenters. The number of aryl methyl sites for hydroxylation is 2. The first-order valence-corrected chi connectivity index (χ1v) is 7.43. The van der Waals surface area contributed by atoms with Gasteiger partial charge in [0, 0.05) is 12.1 Å². The molecule has 1 aromatic rings. The molecule has 1 amide bonds. The lowest BCUT2D eigenvalue weighted by molar-refractivity contribution is 0.0951. The number of amides is 1. The van der Waals surface area contributed by atoms with Crippen molar-refractivity contribution in [2.75, 3.05) is 19.6 Å². The Morgan fingerprint density at radius 1 is 1.30 bits per heavy atom. The zero-order chi connectivity index (χ0) is 13.1. The fourth-order valence-electron chi connectivity index (χ4n) is 3.17. The Balaban J connectivity index is 0.00000147. The lowest BCUT2D eigenvalue weighted by Crippen LogP contribution is -2.26. The molecular formula is C16H23ClN2O. The second-order valence-electron chi connectivity index (χ2n) is 5.74. The van der Waals surface area contributed by atoms with Gasteiger partial charge in [-0.1, -0.05) is 6.07 Å². The van der Waals surface area contributed by atoms with Crippen LogP contribution in [0.2, 0.25) is 0 Å². The lowest BCUT2D eigenvalue weighted by atomic mass is 10.0. The van der Waals surface area contributed by atoms with Crippen molar-refractivity contribution in [3.63, 3.8) is 0 Å². The summed E-state index contributed by atoms with van der Waals surface area (Å²) in [5, 5.41) is 6.41. The fraction of sp³-hybridized carbons (Fsp3) is 0.562. The highest BCUT2D eigenvalue weighted by Gasteiger charge is 2.16. The van der Waals surface area contributed by atoms with Crippen LogP contribution in [0.5, 0.6) is 0 Å². The van der Waals surface area contributed by atoms with E-state index in [1.54, 1.807) is 0 Å². The molecule has 0 radical (unpaired) electrons. The van der Waals surface area contributed by atoms with E-state index in [1.807, 2.05) is 6.07 Å². The van der Waals surface area contributed by atoms with Crippen molar-refractivity contribution in [2.45, 2.75) is 32.1 Å². The number of hydrogen-bond donors (Lipinski definition) is 2. The minimum Gasteiger partial charge on any atom is -0.352 e. The Morgan fingerprint density at radius 2 is 2.15 bits per heavy atom. The fourth-order valence-corrected chi connectivity index (χ4v) is 3.17. The van der Waals surface area contributed by atoms with Crippen LogP contribution < -0.4 is 10.6 Å². The zero-order valence-corrected chi connectivity index (χ0v) is 12.6. The second kappa shape index (κ2) is 7.09. The van der Waals surface area contributed by atoms with Crippen LogP contribution in [0.25, 0.3) is 0 Å². The van der Waals surface area contributed by atoms with Gasteiger partial charge in [-0.3, -0.25) is 4.79 Å². The quantitative estimate of drug-likeness (QED) is 0.895. The highest BCUT2D eigenvalue weighted by Crippen LogP contribution is 2.22. The van der Waals surface area contributed by atoms with E-state index in [9.17, 15) is 4.79 Å². The molecule has 1 fully saturated rings. The van der Waals surface area contributed by atoms with E-state index in [0.717, 1.165) is 44.0 Å². The summed E-state index contributed by atoms with van der Waals surface area (Å²) in [6, 6.07) is 6.17. The van der Waals surface area contributed by atoms with Crippen LogP contribution in [0.1, 0.15) is 40.7 Å². The monoisotopic (exact) mass is 294 g/mol.